The molecule has 1 saturated heterocycles. The maximum absolute atomic E-state index is 6.01. The Kier molecular flexibility index (Phi) is 2.09. The van der Waals surface area contributed by atoms with Crippen LogP contribution in [0.1, 0.15) is 45.4 Å². The molecule has 2 heteroatoms. The monoisotopic (exact) mass is 234 g/mol. The number of rotatable bonds is 0. The summed E-state index contributed by atoms with van der Waals surface area (Å²) < 4.78 is 12.0. The molecule has 2 saturated carbocycles. The van der Waals surface area contributed by atoms with Crippen molar-refractivity contribution in [3.05, 3.63) is 11.6 Å². The van der Waals surface area contributed by atoms with Gasteiger partial charge < -0.3 is 9.47 Å². The fourth-order valence-corrected chi connectivity index (χ4v) is 5.13. The van der Waals surface area contributed by atoms with Crippen molar-refractivity contribution in [2.45, 2.75) is 51.2 Å². The van der Waals surface area contributed by atoms with Crippen molar-refractivity contribution in [2.75, 3.05) is 13.2 Å². The van der Waals surface area contributed by atoms with E-state index in [0.29, 0.717) is 11.3 Å². The molecule has 2 nitrogen and oxygen atoms in total. The van der Waals surface area contributed by atoms with E-state index in [0.717, 1.165) is 25.6 Å². The zero-order valence-corrected chi connectivity index (χ0v) is 10.7. The second kappa shape index (κ2) is 3.36. The second-order valence-electron chi connectivity index (χ2n) is 6.46. The number of fused-ring (bicyclic) bond motifs is 2. The van der Waals surface area contributed by atoms with E-state index < -0.39 is 0 Å². The molecule has 1 aliphatic heterocycles. The smallest absolute Gasteiger partial charge is 0.171 e. The zero-order chi connectivity index (χ0) is 11.5. The molecule has 0 amide bonds. The summed E-state index contributed by atoms with van der Waals surface area (Å²) in [6, 6.07) is 0. The average Bonchev–Trinajstić information content (AvgIpc) is 2.89. The van der Waals surface area contributed by atoms with E-state index in [1.165, 1.54) is 32.1 Å². The van der Waals surface area contributed by atoms with Crippen molar-refractivity contribution in [3.63, 3.8) is 0 Å². The summed E-state index contributed by atoms with van der Waals surface area (Å²) in [6.45, 7) is 3.98. The Morgan fingerprint density at radius 3 is 2.82 bits per heavy atom. The lowest BCUT2D eigenvalue weighted by Crippen LogP contribution is -2.44. The van der Waals surface area contributed by atoms with E-state index in [1.54, 1.807) is 5.57 Å². The SMILES string of the molecule is CC1=CCC[C@H]2C[C@H]3C[C@@]12CCC31OCCO1. The molecule has 3 aliphatic carbocycles. The van der Waals surface area contributed by atoms with E-state index in [2.05, 4.69) is 13.0 Å². The minimum atomic E-state index is -0.178. The van der Waals surface area contributed by atoms with Gasteiger partial charge in [0.25, 0.3) is 0 Å². The largest absolute Gasteiger partial charge is 0.347 e. The number of hydrogen-bond donors (Lipinski definition) is 0. The highest BCUT2D eigenvalue weighted by molar-refractivity contribution is 5.24. The summed E-state index contributed by atoms with van der Waals surface area (Å²) in [4.78, 5) is 0. The zero-order valence-electron chi connectivity index (χ0n) is 10.7. The van der Waals surface area contributed by atoms with Crippen LogP contribution in [0.5, 0.6) is 0 Å². The molecule has 0 aromatic heterocycles. The first-order valence-corrected chi connectivity index (χ1v) is 7.20. The molecule has 2 bridgehead atoms. The molecule has 0 N–H and O–H groups in total. The van der Waals surface area contributed by atoms with E-state index in [4.69, 9.17) is 9.47 Å². The van der Waals surface area contributed by atoms with Gasteiger partial charge in [0.05, 0.1) is 13.2 Å². The van der Waals surface area contributed by atoms with Gasteiger partial charge in [0, 0.05) is 12.3 Å². The van der Waals surface area contributed by atoms with Crippen LogP contribution in [0.25, 0.3) is 0 Å². The lowest BCUT2D eigenvalue weighted by molar-refractivity contribution is -0.212. The number of allylic oxidation sites excluding steroid dienone is 2. The summed E-state index contributed by atoms with van der Waals surface area (Å²) in [5.41, 5.74) is 2.20. The van der Waals surface area contributed by atoms with Gasteiger partial charge >= 0.3 is 0 Å². The molecule has 17 heavy (non-hydrogen) atoms. The van der Waals surface area contributed by atoms with E-state index in [1.807, 2.05) is 0 Å². The van der Waals surface area contributed by atoms with Gasteiger partial charge in [-0.1, -0.05) is 11.6 Å². The summed E-state index contributed by atoms with van der Waals surface area (Å²) in [6.07, 6.45) is 10.2. The third kappa shape index (κ3) is 1.23. The lowest BCUT2D eigenvalue weighted by Gasteiger charge is -2.45. The van der Waals surface area contributed by atoms with Crippen molar-refractivity contribution in [2.24, 2.45) is 17.3 Å². The van der Waals surface area contributed by atoms with Crippen LogP contribution in [0.2, 0.25) is 0 Å². The Morgan fingerprint density at radius 2 is 2.00 bits per heavy atom. The van der Waals surface area contributed by atoms with Gasteiger partial charge in [-0.05, 0) is 50.4 Å². The van der Waals surface area contributed by atoms with Crippen molar-refractivity contribution in [3.8, 4) is 0 Å². The average molecular weight is 234 g/mol. The molecule has 0 unspecified atom stereocenters. The Balaban J connectivity index is 1.70. The van der Waals surface area contributed by atoms with Crippen molar-refractivity contribution >= 4 is 0 Å². The molecular weight excluding hydrogens is 212 g/mol. The van der Waals surface area contributed by atoms with Crippen molar-refractivity contribution in [1.82, 2.24) is 0 Å². The Morgan fingerprint density at radius 1 is 1.18 bits per heavy atom. The normalized spacial score (nSPS) is 47.0. The summed E-state index contributed by atoms with van der Waals surface area (Å²) >= 11 is 0. The molecular formula is C15H22O2. The Hall–Kier alpha value is -0.340. The molecule has 94 valence electrons. The minimum Gasteiger partial charge on any atom is -0.347 e. The topological polar surface area (TPSA) is 18.5 Å². The van der Waals surface area contributed by atoms with Crippen LogP contribution >= 0.6 is 0 Å². The predicted molar refractivity (Wildman–Crippen MR) is 65.5 cm³/mol. The third-order valence-corrected chi connectivity index (χ3v) is 6.03. The highest BCUT2D eigenvalue weighted by Crippen LogP contribution is 2.65. The molecule has 0 aromatic carbocycles. The summed E-state index contributed by atoms with van der Waals surface area (Å²) in [5.74, 6) is 1.39. The highest BCUT2D eigenvalue weighted by atomic mass is 16.7. The fraction of sp³-hybridized carbons (Fsp3) is 0.867. The molecule has 0 radical (unpaired) electrons. The minimum absolute atomic E-state index is 0.178. The maximum Gasteiger partial charge on any atom is 0.171 e. The first kappa shape index (κ1) is 10.6. The van der Waals surface area contributed by atoms with Gasteiger partial charge in [-0.3, -0.25) is 0 Å². The molecule has 4 rings (SSSR count). The fourth-order valence-electron chi connectivity index (χ4n) is 5.13. The van der Waals surface area contributed by atoms with Crippen LogP contribution in [0, 0.1) is 17.3 Å². The summed E-state index contributed by atoms with van der Waals surface area (Å²) in [5, 5.41) is 0. The molecule has 1 heterocycles. The van der Waals surface area contributed by atoms with Gasteiger partial charge in [-0.15, -0.1) is 0 Å². The van der Waals surface area contributed by atoms with Crippen LogP contribution in [0.3, 0.4) is 0 Å². The molecule has 3 atom stereocenters. The van der Waals surface area contributed by atoms with Crippen LogP contribution in [0.15, 0.2) is 11.6 Å². The predicted octanol–water partition coefficient (Wildman–Crippen LogP) is 3.28. The molecule has 3 fully saturated rings. The van der Waals surface area contributed by atoms with Gasteiger partial charge in [-0.25, -0.2) is 0 Å². The van der Waals surface area contributed by atoms with Gasteiger partial charge in [0.1, 0.15) is 0 Å². The van der Waals surface area contributed by atoms with Crippen LogP contribution in [-0.2, 0) is 9.47 Å². The second-order valence-corrected chi connectivity index (χ2v) is 6.46. The summed E-state index contributed by atoms with van der Waals surface area (Å²) in [7, 11) is 0. The Labute approximate surface area is 103 Å². The highest BCUT2D eigenvalue weighted by Gasteiger charge is 2.61. The van der Waals surface area contributed by atoms with Crippen LogP contribution < -0.4 is 0 Å². The van der Waals surface area contributed by atoms with Gasteiger partial charge in [0.15, 0.2) is 5.79 Å². The standard InChI is InChI=1S/C15H22O2/c1-11-3-2-4-12-9-13-10-14(11,12)5-6-15(13)16-7-8-17-15/h3,12-13H,2,4-10H2,1H3/t12-,13-,14-/m0/s1. The van der Waals surface area contributed by atoms with Crippen molar-refractivity contribution in [1.29, 1.82) is 0 Å². The first-order chi connectivity index (χ1) is 8.25. The third-order valence-electron chi connectivity index (χ3n) is 6.03. The van der Waals surface area contributed by atoms with E-state index in [9.17, 15) is 0 Å². The van der Waals surface area contributed by atoms with E-state index in [-0.39, 0.29) is 5.79 Å². The van der Waals surface area contributed by atoms with Gasteiger partial charge in [0.2, 0.25) is 0 Å². The molecule has 4 aliphatic rings. The number of ether oxygens (including phenoxy) is 2. The van der Waals surface area contributed by atoms with Gasteiger partial charge in [-0.2, -0.15) is 0 Å². The molecule has 0 aromatic rings. The first-order valence-electron chi connectivity index (χ1n) is 7.20. The molecule has 2 spiro atoms. The van der Waals surface area contributed by atoms with Crippen LogP contribution in [-0.4, -0.2) is 19.0 Å². The van der Waals surface area contributed by atoms with Crippen LogP contribution in [0.4, 0.5) is 0 Å². The Bertz CT molecular complexity index is 367. The quantitative estimate of drug-likeness (QED) is 0.599. The number of hydrogen-bond acceptors (Lipinski definition) is 2. The van der Waals surface area contributed by atoms with E-state index >= 15 is 0 Å². The maximum atomic E-state index is 6.01. The van der Waals surface area contributed by atoms with Crippen molar-refractivity contribution < 1.29 is 9.47 Å². The lowest BCUT2D eigenvalue weighted by atomic mass is 9.62.